The van der Waals surface area contributed by atoms with Crippen LogP contribution in [-0.2, 0) is 6.42 Å². The highest BCUT2D eigenvalue weighted by molar-refractivity contribution is 5.69. The Bertz CT molecular complexity index is 643. The molecule has 0 aliphatic carbocycles. The van der Waals surface area contributed by atoms with Gasteiger partial charge in [0.25, 0.3) is 5.95 Å². The third-order valence-electron chi connectivity index (χ3n) is 3.30. The van der Waals surface area contributed by atoms with Crippen LogP contribution in [0.25, 0.3) is 0 Å². The fourth-order valence-corrected chi connectivity index (χ4v) is 2.49. The van der Waals surface area contributed by atoms with Crippen LogP contribution in [0.5, 0.6) is 0 Å². The predicted octanol–water partition coefficient (Wildman–Crippen LogP) is 3.58. The van der Waals surface area contributed by atoms with Crippen molar-refractivity contribution in [2.75, 3.05) is 4.90 Å². The molecule has 0 saturated carbocycles. The Morgan fingerprint density at radius 2 is 1.89 bits per heavy atom. The first-order valence-corrected chi connectivity index (χ1v) is 5.96. The van der Waals surface area contributed by atoms with Gasteiger partial charge in [-0.2, -0.15) is 9.37 Å². The number of rotatable bonds is 1. The molecule has 2 nitrogen and oxygen atoms in total. The third kappa shape index (κ3) is 1.85. The summed E-state index contributed by atoms with van der Waals surface area (Å²) in [7, 11) is 0. The van der Waals surface area contributed by atoms with Crippen LogP contribution in [0.4, 0.5) is 24.7 Å². The van der Waals surface area contributed by atoms with Gasteiger partial charge >= 0.3 is 0 Å². The number of aromatic nitrogens is 1. The molecule has 0 radical (unpaired) electrons. The Balaban J connectivity index is 2.15. The Labute approximate surface area is 108 Å². The molecule has 5 heteroatoms. The van der Waals surface area contributed by atoms with E-state index in [1.54, 1.807) is 4.90 Å². The number of pyridine rings is 1. The van der Waals surface area contributed by atoms with Crippen LogP contribution in [0.3, 0.4) is 0 Å². The average molecular weight is 264 g/mol. The predicted molar refractivity (Wildman–Crippen MR) is 65.9 cm³/mol. The number of hydrogen-bond acceptors (Lipinski definition) is 2. The lowest BCUT2D eigenvalue weighted by Gasteiger charge is -2.24. The van der Waals surface area contributed by atoms with Crippen LogP contribution in [0, 0.1) is 17.6 Å². The van der Waals surface area contributed by atoms with Crippen molar-refractivity contribution in [2.45, 2.75) is 19.4 Å². The van der Waals surface area contributed by atoms with E-state index in [9.17, 15) is 13.2 Å². The summed E-state index contributed by atoms with van der Waals surface area (Å²) in [5.41, 5.74) is 1.83. The highest BCUT2D eigenvalue weighted by Crippen LogP contribution is 2.38. The first-order chi connectivity index (χ1) is 9.08. The summed E-state index contributed by atoms with van der Waals surface area (Å²) in [6.45, 7) is 1.89. The molecule has 1 atom stereocenters. The maximum Gasteiger partial charge on any atom is 0.251 e. The SMILES string of the molecule is CC1Cc2ccccc2N1c1nc(F)c(F)cc1F. The molecule has 1 aromatic carbocycles. The van der Waals surface area contributed by atoms with Gasteiger partial charge in [0.15, 0.2) is 17.5 Å². The number of nitrogens with zero attached hydrogens (tertiary/aromatic N) is 2. The minimum Gasteiger partial charge on any atom is -0.320 e. The van der Waals surface area contributed by atoms with E-state index in [-0.39, 0.29) is 11.9 Å². The van der Waals surface area contributed by atoms with Crippen molar-refractivity contribution in [2.24, 2.45) is 0 Å². The summed E-state index contributed by atoms with van der Waals surface area (Å²) in [4.78, 5) is 5.02. The summed E-state index contributed by atoms with van der Waals surface area (Å²) in [5.74, 6) is -3.59. The normalized spacial score (nSPS) is 17.7. The Kier molecular flexibility index (Phi) is 2.69. The van der Waals surface area contributed by atoms with Crippen LogP contribution in [-0.4, -0.2) is 11.0 Å². The lowest BCUT2D eigenvalue weighted by molar-refractivity contribution is 0.463. The molecular weight excluding hydrogens is 253 g/mol. The van der Waals surface area contributed by atoms with E-state index in [0.29, 0.717) is 6.07 Å². The van der Waals surface area contributed by atoms with Gasteiger partial charge in [-0.3, -0.25) is 0 Å². The molecule has 1 unspecified atom stereocenters. The molecule has 1 aromatic heterocycles. The van der Waals surface area contributed by atoms with Gasteiger partial charge in [-0.15, -0.1) is 0 Å². The fraction of sp³-hybridized carbons (Fsp3) is 0.214. The van der Waals surface area contributed by atoms with E-state index in [0.717, 1.165) is 17.7 Å². The fourth-order valence-electron chi connectivity index (χ4n) is 2.49. The van der Waals surface area contributed by atoms with Crippen molar-refractivity contribution in [3.8, 4) is 0 Å². The van der Waals surface area contributed by atoms with Gasteiger partial charge in [-0.25, -0.2) is 8.78 Å². The van der Waals surface area contributed by atoms with Gasteiger partial charge in [0.05, 0.1) is 0 Å². The molecular formula is C14H11F3N2. The molecule has 2 aromatic rings. The number of anilines is 2. The molecule has 0 amide bonds. The van der Waals surface area contributed by atoms with Crippen molar-refractivity contribution in [3.05, 3.63) is 53.5 Å². The maximum absolute atomic E-state index is 13.8. The standard InChI is InChI=1S/C14H11F3N2/c1-8-6-9-4-2-3-5-12(9)19(8)14-11(16)7-10(15)13(17)18-14/h2-5,7-8H,6H2,1H3. The van der Waals surface area contributed by atoms with Crippen LogP contribution in [0.2, 0.25) is 0 Å². The second-order valence-electron chi connectivity index (χ2n) is 4.62. The average Bonchev–Trinajstić information content (AvgIpc) is 2.70. The molecule has 3 rings (SSSR count). The quantitative estimate of drug-likeness (QED) is 0.732. The Morgan fingerprint density at radius 1 is 1.16 bits per heavy atom. The maximum atomic E-state index is 13.8. The molecule has 0 spiro atoms. The van der Waals surface area contributed by atoms with Crippen molar-refractivity contribution in [1.82, 2.24) is 4.98 Å². The van der Waals surface area contributed by atoms with E-state index < -0.39 is 17.6 Å². The van der Waals surface area contributed by atoms with Gasteiger partial charge in [-0.05, 0) is 25.0 Å². The van der Waals surface area contributed by atoms with Crippen molar-refractivity contribution < 1.29 is 13.2 Å². The summed E-state index contributed by atoms with van der Waals surface area (Å²) < 4.78 is 40.0. The minimum absolute atomic E-state index is 0.0516. The summed E-state index contributed by atoms with van der Waals surface area (Å²) in [6, 6.07) is 7.95. The number of para-hydroxylation sites is 1. The van der Waals surface area contributed by atoms with E-state index in [1.807, 2.05) is 31.2 Å². The second kappa shape index (κ2) is 4.26. The first kappa shape index (κ1) is 12.0. The number of fused-ring (bicyclic) bond motifs is 1. The third-order valence-corrected chi connectivity index (χ3v) is 3.30. The largest absolute Gasteiger partial charge is 0.320 e. The highest BCUT2D eigenvalue weighted by atomic mass is 19.2. The van der Waals surface area contributed by atoms with Crippen LogP contribution in [0.15, 0.2) is 30.3 Å². The smallest absolute Gasteiger partial charge is 0.251 e. The summed E-state index contributed by atoms with van der Waals surface area (Å²) >= 11 is 0. The number of benzene rings is 1. The van der Waals surface area contributed by atoms with Gasteiger partial charge in [0.2, 0.25) is 0 Å². The van der Waals surface area contributed by atoms with Crippen molar-refractivity contribution in [1.29, 1.82) is 0 Å². The molecule has 0 bridgehead atoms. The lowest BCUT2D eigenvalue weighted by Crippen LogP contribution is -2.26. The van der Waals surface area contributed by atoms with Gasteiger partial charge in [0, 0.05) is 17.8 Å². The zero-order valence-corrected chi connectivity index (χ0v) is 10.2. The first-order valence-electron chi connectivity index (χ1n) is 5.96. The molecule has 98 valence electrons. The molecule has 1 aliphatic heterocycles. The Morgan fingerprint density at radius 3 is 2.68 bits per heavy atom. The Hall–Kier alpha value is -2.04. The molecule has 19 heavy (non-hydrogen) atoms. The molecule has 1 aliphatic rings. The van der Waals surface area contributed by atoms with Gasteiger partial charge < -0.3 is 4.90 Å². The van der Waals surface area contributed by atoms with Crippen molar-refractivity contribution in [3.63, 3.8) is 0 Å². The summed E-state index contributed by atoms with van der Waals surface area (Å²) in [6.07, 6.45) is 0.719. The summed E-state index contributed by atoms with van der Waals surface area (Å²) in [5, 5.41) is 0. The van der Waals surface area contributed by atoms with Crippen LogP contribution >= 0.6 is 0 Å². The van der Waals surface area contributed by atoms with E-state index in [1.165, 1.54) is 0 Å². The minimum atomic E-state index is -1.28. The van der Waals surface area contributed by atoms with Gasteiger partial charge in [-0.1, -0.05) is 18.2 Å². The van der Waals surface area contributed by atoms with E-state index in [4.69, 9.17) is 0 Å². The zero-order chi connectivity index (χ0) is 13.6. The number of hydrogen-bond donors (Lipinski definition) is 0. The highest BCUT2D eigenvalue weighted by Gasteiger charge is 2.30. The van der Waals surface area contributed by atoms with Crippen LogP contribution in [0.1, 0.15) is 12.5 Å². The lowest BCUT2D eigenvalue weighted by atomic mass is 10.1. The van der Waals surface area contributed by atoms with Gasteiger partial charge in [0.1, 0.15) is 0 Å². The molecule has 0 fully saturated rings. The molecule has 2 heterocycles. The van der Waals surface area contributed by atoms with Crippen molar-refractivity contribution >= 4 is 11.5 Å². The second-order valence-corrected chi connectivity index (χ2v) is 4.62. The molecule has 0 saturated heterocycles. The topological polar surface area (TPSA) is 16.1 Å². The van der Waals surface area contributed by atoms with E-state index >= 15 is 0 Å². The molecule has 0 N–H and O–H groups in total. The zero-order valence-electron chi connectivity index (χ0n) is 10.2. The number of halogens is 3. The van der Waals surface area contributed by atoms with E-state index in [2.05, 4.69) is 4.98 Å². The van der Waals surface area contributed by atoms with Crippen LogP contribution < -0.4 is 4.90 Å². The monoisotopic (exact) mass is 264 g/mol.